The average Bonchev–Trinajstić information content (AvgIpc) is 3.34. The van der Waals surface area contributed by atoms with Gasteiger partial charge in [0.05, 0.1) is 10.2 Å². The Labute approximate surface area is 199 Å². The van der Waals surface area contributed by atoms with Crippen LogP contribution in [0.3, 0.4) is 0 Å². The molecular weight excluding hydrogens is 519 g/mol. The standard InChI is InChI=1S/C21H17BrF3N7O2/c1-3-31-10-13(16(29-31)19(33)27-12-7-5-4-6-8-12)28-20(34)17-15(22)18-26-11(2)9-14(21(23,24)25)32(18)30-17/h4-10H,3H2,1-2H3,(H,27,33)(H,28,34). The van der Waals surface area contributed by atoms with Crippen LogP contribution in [0.4, 0.5) is 24.5 Å². The Kier molecular flexibility index (Phi) is 6.13. The lowest BCUT2D eigenvalue weighted by atomic mass is 10.3. The lowest BCUT2D eigenvalue weighted by molar-refractivity contribution is -0.142. The zero-order valence-electron chi connectivity index (χ0n) is 17.8. The maximum atomic E-state index is 13.5. The van der Waals surface area contributed by atoms with E-state index in [1.807, 2.05) is 0 Å². The minimum atomic E-state index is -4.71. The van der Waals surface area contributed by atoms with Gasteiger partial charge in [-0.15, -0.1) is 0 Å². The number of amides is 2. The van der Waals surface area contributed by atoms with Gasteiger partial charge in [0.2, 0.25) is 0 Å². The summed E-state index contributed by atoms with van der Waals surface area (Å²) in [5.74, 6) is -1.41. The third-order valence-corrected chi connectivity index (χ3v) is 5.48. The molecule has 3 heterocycles. The molecule has 0 unspecified atom stereocenters. The lowest BCUT2D eigenvalue weighted by Crippen LogP contribution is -2.19. The van der Waals surface area contributed by atoms with E-state index in [0.29, 0.717) is 16.7 Å². The number of benzene rings is 1. The number of para-hydroxylation sites is 1. The van der Waals surface area contributed by atoms with Crippen molar-refractivity contribution in [1.82, 2.24) is 24.4 Å². The molecule has 0 fully saturated rings. The van der Waals surface area contributed by atoms with Gasteiger partial charge in [-0.25, -0.2) is 9.50 Å². The van der Waals surface area contributed by atoms with Crippen LogP contribution in [-0.2, 0) is 12.7 Å². The molecule has 0 spiro atoms. The highest BCUT2D eigenvalue weighted by Crippen LogP contribution is 2.32. The molecule has 0 atom stereocenters. The number of hydrogen-bond donors (Lipinski definition) is 2. The first-order valence-electron chi connectivity index (χ1n) is 9.96. The Morgan fingerprint density at radius 1 is 1.06 bits per heavy atom. The highest BCUT2D eigenvalue weighted by atomic mass is 79.9. The second-order valence-corrected chi connectivity index (χ2v) is 7.99. The summed E-state index contributed by atoms with van der Waals surface area (Å²) in [6.07, 6.45) is -3.26. The number of alkyl halides is 3. The molecule has 1 aromatic carbocycles. The number of nitrogens with one attached hydrogen (secondary N) is 2. The summed E-state index contributed by atoms with van der Waals surface area (Å²) in [4.78, 5) is 29.8. The van der Waals surface area contributed by atoms with Gasteiger partial charge in [0.1, 0.15) is 5.69 Å². The predicted molar refractivity (Wildman–Crippen MR) is 121 cm³/mol. The predicted octanol–water partition coefficient (Wildman–Crippen LogP) is 4.54. The van der Waals surface area contributed by atoms with E-state index < -0.39 is 23.7 Å². The van der Waals surface area contributed by atoms with Gasteiger partial charge in [-0.2, -0.15) is 23.4 Å². The summed E-state index contributed by atoms with van der Waals surface area (Å²) < 4.78 is 42.5. The van der Waals surface area contributed by atoms with Crippen molar-refractivity contribution in [2.75, 3.05) is 10.6 Å². The molecule has 176 valence electrons. The summed E-state index contributed by atoms with van der Waals surface area (Å²) >= 11 is 3.14. The fourth-order valence-corrected chi connectivity index (χ4v) is 3.71. The number of nitrogens with zero attached hydrogens (tertiary/aromatic N) is 5. The SMILES string of the molecule is CCn1cc(NC(=O)c2nn3c(C(F)(F)F)cc(C)nc3c2Br)c(C(=O)Nc2ccccc2)n1. The van der Waals surface area contributed by atoms with E-state index in [1.165, 1.54) is 17.8 Å². The van der Waals surface area contributed by atoms with Crippen molar-refractivity contribution in [2.24, 2.45) is 0 Å². The third kappa shape index (κ3) is 4.51. The van der Waals surface area contributed by atoms with Crippen molar-refractivity contribution < 1.29 is 22.8 Å². The van der Waals surface area contributed by atoms with E-state index in [9.17, 15) is 22.8 Å². The highest BCUT2D eigenvalue weighted by Gasteiger charge is 2.36. The Balaban J connectivity index is 1.69. The number of fused-ring (bicyclic) bond motifs is 1. The molecule has 0 aliphatic heterocycles. The van der Waals surface area contributed by atoms with Crippen LogP contribution in [0.25, 0.3) is 5.65 Å². The molecule has 0 bridgehead atoms. The van der Waals surface area contributed by atoms with Gasteiger partial charge in [-0.1, -0.05) is 18.2 Å². The van der Waals surface area contributed by atoms with Gasteiger partial charge in [0, 0.05) is 24.1 Å². The number of hydrogen-bond acceptors (Lipinski definition) is 5. The first-order chi connectivity index (χ1) is 16.1. The molecule has 3 aromatic heterocycles. The van der Waals surface area contributed by atoms with Crippen molar-refractivity contribution in [1.29, 1.82) is 0 Å². The fraction of sp³-hybridized carbons (Fsp3) is 0.190. The normalized spacial score (nSPS) is 11.6. The van der Waals surface area contributed by atoms with Crippen LogP contribution in [0.5, 0.6) is 0 Å². The molecule has 4 rings (SSSR count). The lowest BCUT2D eigenvalue weighted by Gasteiger charge is -2.09. The first-order valence-corrected chi connectivity index (χ1v) is 10.8. The summed E-state index contributed by atoms with van der Waals surface area (Å²) in [6.45, 7) is 3.62. The van der Waals surface area contributed by atoms with Crippen LogP contribution in [0.1, 0.15) is 39.3 Å². The summed E-state index contributed by atoms with van der Waals surface area (Å²) in [5.41, 5.74) is -0.924. The Morgan fingerprint density at radius 3 is 2.38 bits per heavy atom. The van der Waals surface area contributed by atoms with Gasteiger partial charge in [0.15, 0.2) is 17.0 Å². The largest absolute Gasteiger partial charge is 0.433 e. The van der Waals surface area contributed by atoms with Crippen LogP contribution in [0.2, 0.25) is 0 Å². The average molecular weight is 536 g/mol. The van der Waals surface area contributed by atoms with Crippen LogP contribution in [0, 0.1) is 6.92 Å². The molecular formula is C21H17BrF3N7O2. The van der Waals surface area contributed by atoms with Gasteiger partial charge in [-0.05, 0) is 48.0 Å². The summed E-state index contributed by atoms with van der Waals surface area (Å²) in [7, 11) is 0. The second kappa shape index (κ2) is 8.89. The van der Waals surface area contributed by atoms with Gasteiger partial charge in [0.25, 0.3) is 11.8 Å². The number of halogens is 4. The zero-order valence-corrected chi connectivity index (χ0v) is 19.4. The molecule has 2 N–H and O–H groups in total. The van der Waals surface area contributed by atoms with E-state index in [2.05, 4.69) is 41.7 Å². The Morgan fingerprint density at radius 2 is 1.74 bits per heavy atom. The number of carbonyl (C=O) groups excluding carboxylic acids is 2. The Hall–Kier alpha value is -3.74. The van der Waals surface area contributed by atoms with Crippen molar-refractivity contribution in [3.8, 4) is 0 Å². The molecule has 2 amide bonds. The van der Waals surface area contributed by atoms with Crippen LogP contribution in [0.15, 0.2) is 47.1 Å². The molecule has 0 saturated heterocycles. The maximum absolute atomic E-state index is 13.5. The van der Waals surface area contributed by atoms with E-state index in [-0.39, 0.29) is 32.9 Å². The van der Waals surface area contributed by atoms with Crippen LogP contribution < -0.4 is 10.6 Å². The van der Waals surface area contributed by atoms with Crippen LogP contribution >= 0.6 is 15.9 Å². The van der Waals surface area contributed by atoms with E-state index in [0.717, 1.165) is 6.07 Å². The number of aryl methyl sites for hydroxylation is 2. The van der Waals surface area contributed by atoms with Gasteiger partial charge < -0.3 is 10.6 Å². The monoisotopic (exact) mass is 535 g/mol. The van der Waals surface area contributed by atoms with Gasteiger partial charge in [-0.3, -0.25) is 14.3 Å². The number of aromatic nitrogens is 5. The third-order valence-electron chi connectivity index (χ3n) is 4.75. The first kappa shape index (κ1) is 23.4. The minimum absolute atomic E-state index is 0.0163. The minimum Gasteiger partial charge on any atom is -0.321 e. The van der Waals surface area contributed by atoms with E-state index >= 15 is 0 Å². The number of rotatable bonds is 5. The molecule has 34 heavy (non-hydrogen) atoms. The molecule has 0 saturated carbocycles. The van der Waals surface area contributed by atoms with Crippen molar-refractivity contribution in [3.05, 3.63) is 69.8 Å². The molecule has 9 nitrogen and oxygen atoms in total. The molecule has 0 radical (unpaired) electrons. The zero-order chi connectivity index (χ0) is 24.6. The summed E-state index contributed by atoms with van der Waals surface area (Å²) in [5, 5.41) is 13.2. The van der Waals surface area contributed by atoms with Crippen LogP contribution in [-0.4, -0.2) is 36.2 Å². The van der Waals surface area contributed by atoms with Crippen molar-refractivity contribution in [3.63, 3.8) is 0 Å². The molecule has 4 aromatic rings. The fourth-order valence-electron chi connectivity index (χ4n) is 3.20. The topological polar surface area (TPSA) is 106 Å². The second-order valence-electron chi connectivity index (χ2n) is 7.20. The Bertz CT molecular complexity index is 1400. The quantitative estimate of drug-likeness (QED) is 0.390. The molecule has 13 heteroatoms. The molecule has 0 aliphatic carbocycles. The maximum Gasteiger partial charge on any atom is 0.433 e. The van der Waals surface area contributed by atoms with Crippen molar-refractivity contribution in [2.45, 2.75) is 26.6 Å². The highest BCUT2D eigenvalue weighted by molar-refractivity contribution is 9.10. The van der Waals surface area contributed by atoms with Crippen molar-refractivity contribution >= 4 is 44.8 Å². The van der Waals surface area contributed by atoms with E-state index in [4.69, 9.17) is 0 Å². The smallest absolute Gasteiger partial charge is 0.321 e. The van der Waals surface area contributed by atoms with Gasteiger partial charge >= 0.3 is 6.18 Å². The number of anilines is 2. The number of carbonyl (C=O) groups is 2. The van der Waals surface area contributed by atoms with E-state index in [1.54, 1.807) is 37.3 Å². The molecule has 0 aliphatic rings. The summed E-state index contributed by atoms with van der Waals surface area (Å²) in [6, 6.07) is 9.50.